The van der Waals surface area contributed by atoms with E-state index in [1.807, 2.05) is 18.9 Å². The van der Waals surface area contributed by atoms with Crippen LogP contribution in [0, 0.1) is 0 Å². The van der Waals surface area contributed by atoms with Crippen LogP contribution < -0.4 is 0 Å². The van der Waals surface area contributed by atoms with Crippen molar-refractivity contribution in [3.8, 4) is 0 Å². The Morgan fingerprint density at radius 3 is 2.69 bits per heavy atom. The number of hydrogen-bond donors (Lipinski definition) is 1. The Bertz CT molecular complexity index is 150. The molecule has 0 saturated carbocycles. The number of carbonyl (C=O) groups is 1. The summed E-state index contributed by atoms with van der Waals surface area (Å²) in [6.45, 7) is 4.85. The van der Waals surface area contributed by atoms with Gasteiger partial charge in [0.1, 0.15) is 0 Å². The number of ether oxygens (including phenoxy) is 1. The largest absolute Gasteiger partial charge is 0.466 e. The zero-order valence-electron chi connectivity index (χ0n) is 8.62. The van der Waals surface area contributed by atoms with Crippen molar-refractivity contribution in [2.75, 3.05) is 26.8 Å². The number of hydrogen-bond acceptors (Lipinski definition) is 4. The summed E-state index contributed by atoms with van der Waals surface area (Å²) in [6.07, 6.45) is 0.379. The van der Waals surface area contributed by atoms with E-state index >= 15 is 0 Å². The number of likely N-dealkylation sites (N-methyl/N-ethyl adjacent to an activating group) is 1. The first-order chi connectivity index (χ1) is 6.11. The van der Waals surface area contributed by atoms with E-state index in [2.05, 4.69) is 0 Å². The van der Waals surface area contributed by atoms with Crippen molar-refractivity contribution in [2.45, 2.75) is 26.3 Å². The van der Waals surface area contributed by atoms with Gasteiger partial charge < -0.3 is 14.7 Å². The second-order valence-corrected chi connectivity index (χ2v) is 3.06. The van der Waals surface area contributed by atoms with Crippen LogP contribution in [-0.4, -0.2) is 48.8 Å². The molecule has 0 aromatic rings. The Kier molecular flexibility index (Phi) is 6.54. The first-order valence-corrected chi connectivity index (χ1v) is 4.58. The van der Waals surface area contributed by atoms with Crippen LogP contribution in [0.25, 0.3) is 0 Å². The first kappa shape index (κ1) is 12.4. The van der Waals surface area contributed by atoms with Crippen molar-refractivity contribution in [2.24, 2.45) is 0 Å². The highest BCUT2D eigenvalue weighted by atomic mass is 16.5. The van der Waals surface area contributed by atoms with Gasteiger partial charge in [0.25, 0.3) is 0 Å². The molecule has 1 unspecified atom stereocenters. The fourth-order valence-corrected chi connectivity index (χ4v) is 0.995. The van der Waals surface area contributed by atoms with E-state index in [9.17, 15) is 4.79 Å². The van der Waals surface area contributed by atoms with Crippen LogP contribution >= 0.6 is 0 Å². The van der Waals surface area contributed by atoms with E-state index in [0.29, 0.717) is 19.6 Å². The van der Waals surface area contributed by atoms with Gasteiger partial charge in [-0.25, -0.2) is 0 Å². The van der Waals surface area contributed by atoms with E-state index in [1.165, 1.54) is 0 Å². The fourth-order valence-electron chi connectivity index (χ4n) is 0.995. The number of aliphatic hydroxyl groups excluding tert-OH is 1. The van der Waals surface area contributed by atoms with Crippen LogP contribution in [0.15, 0.2) is 0 Å². The second kappa shape index (κ2) is 6.86. The summed E-state index contributed by atoms with van der Waals surface area (Å²) in [7, 11) is 1.88. The van der Waals surface area contributed by atoms with E-state index in [0.717, 1.165) is 0 Å². The van der Waals surface area contributed by atoms with Gasteiger partial charge >= 0.3 is 5.97 Å². The molecule has 0 heterocycles. The molecule has 0 aliphatic rings. The van der Waals surface area contributed by atoms with Crippen LogP contribution in [0.4, 0.5) is 0 Å². The maximum Gasteiger partial charge on any atom is 0.307 e. The molecule has 1 atom stereocenters. The van der Waals surface area contributed by atoms with E-state index in [4.69, 9.17) is 9.84 Å². The van der Waals surface area contributed by atoms with Gasteiger partial charge in [0.05, 0.1) is 19.6 Å². The van der Waals surface area contributed by atoms with Crippen LogP contribution in [-0.2, 0) is 9.53 Å². The normalized spacial score (nSPS) is 13.0. The summed E-state index contributed by atoms with van der Waals surface area (Å²) in [6, 6.07) is 0.117. The zero-order valence-corrected chi connectivity index (χ0v) is 8.62. The predicted molar refractivity (Wildman–Crippen MR) is 50.4 cm³/mol. The van der Waals surface area contributed by atoms with Gasteiger partial charge in [-0.1, -0.05) is 0 Å². The molecule has 0 rings (SSSR count). The number of esters is 1. The van der Waals surface area contributed by atoms with Gasteiger partial charge in [-0.05, 0) is 20.9 Å². The molecule has 0 aliphatic carbocycles. The molecular formula is C9H19NO3. The summed E-state index contributed by atoms with van der Waals surface area (Å²) < 4.78 is 4.81. The lowest BCUT2D eigenvalue weighted by molar-refractivity contribution is -0.144. The van der Waals surface area contributed by atoms with E-state index in [-0.39, 0.29) is 18.6 Å². The molecule has 0 aliphatic heterocycles. The van der Waals surface area contributed by atoms with Gasteiger partial charge in [-0.2, -0.15) is 0 Å². The van der Waals surface area contributed by atoms with Crippen molar-refractivity contribution >= 4 is 5.97 Å². The SMILES string of the molecule is CCOC(=O)CC(C)N(C)CCO. The lowest BCUT2D eigenvalue weighted by Crippen LogP contribution is -2.33. The number of rotatable bonds is 6. The molecule has 0 saturated heterocycles. The molecule has 0 bridgehead atoms. The van der Waals surface area contributed by atoms with Crippen molar-refractivity contribution in [1.29, 1.82) is 0 Å². The standard InChI is InChI=1S/C9H19NO3/c1-4-13-9(12)7-8(2)10(3)5-6-11/h8,11H,4-7H2,1-3H3. The van der Waals surface area contributed by atoms with Gasteiger partial charge in [0.2, 0.25) is 0 Å². The molecule has 4 nitrogen and oxygen atoms in total. The minimum Gasteiger partial charge on any atom is -0.466 e. The second-order valence-electron chi connectivity index (χ2n) is 3.06. The fraction of sp³-hybridized carbons (Fsp3) is 0.889. The van der Waals surface area contributed by atoms with Crippen molar-refractivity contribution in [3.05, 3.63) is 0 Å². The topological polar surface area (TPSA) is 49.8 Å². The maximum atomic E-state index is 11.1. The molecule has 13 heavy (non-hydrogen) atoms. The summed E-state index contributed by atoms with van der Waals surface area (Å²) in [5, 5.41) is 8.67. The third-order valence-corrected chi connectivity index (χ3v) is 1.97. The Morgan fingerprint density at radius 1 is 1.62 bits per heavy atom. The average Bonchev–Trinajstić information content (AvgIpc) is 2.05. The Labute approximate surface area is 79.5 Å². The van der Waals surface area contributed by atoms with Crippen molar-refractivity contribution in [1.82, 2.24) is 4.90 Å². The summed E-state index contributed by atoms with van der Waals surface area (Å²) >= 11 is 0. The van der Waals surface area contributed by atoms with Crippen LogP contribution in [0.1, 0.15) is 20.3 Å². The van der Waals surface area contributed by atoms with Crippen molar-refractivity contribution in [3.63, 3.8) is 0 Å². The molecule has 0 aromatic carbocycles. The van der Waals surface area contributed by atoms with Crippen LogP contribution in [0.5, 0.6) is 0 Å². The maximum absolute atomic E-state index is 11.1. The molecule has 0 aromatic heterocycles. The van der Waals surface area contributed by atoms with Crippen LogP contribution in [0.3, 0.4) is 0 Å². The number of carbonyl (C=O) groups excluding carboxylic acids is 1. The average molecular weight is 189 g/mol. The predicted octanol–water partition coefficient (Wildman–Crippen LogP) is 0.252. The lowest BCUT2D eigenvalue weighted by atomic mass is 10.2. The third-order valence-electron chi connectivity index (χ3n) is 1.97. The van der Waals surface area contributed by atoms with Crippen molar-refractivity contribution < 1.29 is 14.6 Å². The van der Waals surface area contributed by atoms with Crippen LogP contribution in [0.2, 0.25) is 0 Å². The monoisotopic (exact) mass is 189 g/mol. The van der Waals surface area contributed by atoms with Gasteiger partial charge in [-0.3, -0.25) is 4.79 Å². The van der Waals surface area contributed by atoms with Gasteiger partial charge in [0, 0.05) is 12.6 Å². The summed E-state index contributed by atoms with van der Waals surface area (Å²) in [5.41, 5.74) is 0. The molecular weight excluding hydrogens is 170 g/mol. The first-order valence-electron chi connectivity index (χ1n) is 4.58. The minimum absolute atomic E-state index is 0.115. The molecule has 0 spiro atoms. The molecule has 78 valence electrons. The molecule has 0 amide bonds. The zero-order chi connectivity index (χ0) is 10.3. The summed E-state index contributed by atoms with van der Waals surface area (Å²) in [5.74, 6) is -0.181. The van der Waals surface area contributed by atoms with E-state index in [1.54, 1.807) is 6.92 Å². The molecule has 0 radical (unpaired) electrons. The Hall–Kier alpha value is -0.610. The van der Waals surface area contributed by atoms with Gasteiger partial charge in [-0.15, -0.1) is 0 Å². The minimum atomic E-state index is -0.181. The highest BCUT2D eigenvalue weighted by molar-refractivity contribution is 5.69. The molecule has 1 N–H and O–H groups in total. The highest BCUT2D eigenvalue weighted by Gasteiger charge is 2.13. The smallest absolute Gasteiger partial charge is 0.307 e. The summed E-state index contributed by atoms with van der Waals surface area (Å²) in [4.78, 5) is 13.0. The third kappa shape index (κ3) is 5.60. The number of aliphatic hydroxyl groups is 1. The Balaban J connectivity index is 3.71. The lowest BCUT2D eigenvalue weighted by Gasteiger charge is -2.22. The molecule has 0 fully saturated rings. The highest BCUT2D eigenvalue weighted by Crippen LogP contribution is 2.01. The Morgan fingerprint density at radius 2 is 2.23 bits per heavy atom. The van der Waals surface area contributed by atoms with E-state index < -0.39 is 0 Å². The van der Waals surface area contributed by atoms with Gasteiger partial charge in [0.15, 0.2) is 0 Å². The number of nitrogens with zero attached hydrogens (tertiary/aromatic N) is 1. The quantitative estimate of drug-likeness (QED) is 0.609. The molecule has 4 heteroatoms.